The third-order valence-electron chi connectivity index (χ3n) is 3.53. The summed E-state index contributed by atoms with van der Waals surface area (Å²) in [4.78, 5) is 5.89. The molecule has 17 heavy (non-hydrogen) atoms. The number of H-pyrrole nitrogens is 1. The van der Waals surface area contributed by atoms with Gasteiger partial charge >= 0.3 is 0 Å². The Hall–Kier alpha value is -1.32. The van der Waals surface area contributed by atoms with E-state index >= 15 is 0 Å². The lowest BCUT2D eigenvalue weighted by Gasteiger charge is -2.26. The maximum absolute atomic E-state index is 3.39. The molecule has 3 rings (SSSR count). The summed E-state index contributed by atoms with van der Waals surface area (Å²) in [7, 11) is 0. The summed E-state index contributed by atoms with van der Waals surface area (Å²) >= 11 is 0. The fourth-order valence-electron chi connectivity index (χ4n) is 2.54. The molecule has 1 saturated heterocycles. The topological polar surface area (TPSA) is 31.1 Å². The first kappa shape index (κ1) is 10.8. The van der Waals surface area contributed by atoms with Crippen molar-refractivity contribution in [2.75, 3.05) is 26.2 Å². The lowest BCUT2D eigenvalue weighted by molar-refractivity contribution is 0.234. The van der Waals surface area contributed by atoms with Crippen LogP contribution in [0.5, 0.6) is 0 Å². The third kappa shape index (κ3) is 2.21. The molecule has 0 unspecified atom stereocenters. The minimum absolute atomic E-state index is 1.06. The zero-order chi connectivity index (χ0) is 11.7. The molecule has 1 fully saturated rings. The lowest BCUT2D eigenvalue weighted by atomic mass is 10.1. The van der Waals surface area contributed by atoms with Gasteiger partial charge < -0.3 is 10.3 Å². The molecule has 1 aromatic heterocycles. The van der Waals surface area contributed by atoms with E-state index in [4.69, 9.17) is 0 Å². The highest BCUT2D eigenvalue weighted by molar-refractivity contribution is 5.83. The summed E-state index contributed by atoms with van der Waals surface area (Å²) in [6, 6.07) is 6.65. The first-order valence-corrected chi connectivity index (χ1v) is 6.32. The Kier molecular flexibility index (Phi) is 2.87. The van der Waals surface area contributed by atoms with Crippen LogP contribution in [0.3, 0.4) is 0 Å². The van der Waals surface area contributed by atoms with Crippen LogP contribution >= 0.6 is 0 Å². The average molecular weight is 229 g/mol. The molecule has 3 nitrogen and oxygen atoms in total. The first-order valence-electron chi connectivity index (χ1n) is 6.32. The van der Waals surface area contributed by atoms with Crippen molar-refractivity contribution in [2.45, 2.75) is 13.5 Å². The standard InChI is InChI=1S/C14H19N3/c1-11-2-3-13-12(9-16-14(13)8-11)10-17-6-4-15-5-7-17/h2-3,8-9,15-16H,4-7,10H2,1H3. The SMILES string of the molecule is Cc1ccc2c(CN3CCNCC3)c[nH]c2c1. The molecule has 2 heterocycles. The summed E-state index contributed by atoms with van der Waals surface area (Å²) in [5.74, 6) is 0. The molecule has 2 N–H and O–H groups in total. The number of rotatable bonds is 2. The van der Waals surface area contributed by atoms with Crippen molar-refractivity contribution in [1.29, 1.82) is 0 Å². The van der Waals surface area contributed by atoms with Gasteiger partial charge in [0.25, 0.3) is 0 Å². The molecule has 0 spiro atoms. The number of benzene rings is 1. The van der Waals surface area contributed by atoms with Gasteiger partial charge in [-0.15, -0.1) is 0 Å². The van der Waals surface area contributed by atoms with Crippen molar-refractivity contribution in [1.82, 2.24) is 15.2 Å². The van der Waals surface area contributed by atoms with Gasteiger partial charge in [0.1, 0.15) is 0 Å². The average Bonchev–Trinajstić information content (AvgIpc) is 2.73. The van der Waals surface area contributed by atoms with Gasteiger partial charge in [0.2, 0.25) is 0 Å². The van der Waals surface area contributed by atoms with E-state index in [9.17, 15) is 0 Å². The van der Waals surface area contributed by atoms with E-state index < -0.39 is 0 Å². The fraction of sp³-hybridized carbons (Fsp3) is 0.429. The molecular formula is C14H19N3. The van der Waals surface area contributed by atoms with Crippen molar-refractivity contribution in [3.05, 3.63) is 35.5 Å². The van der Waals surface area contributed by atoms with E-state index in [1.807, 2.05) is 0 Å². The second-order valence-electron chi connectivity index (χ2n) is 4.89. The van der Waals surface area contributed by atoms with Gasteiger partial charge in [-0.3, -0.25) is 4.90 Å². The van der Waals surface area contributed by atoms with Gasteiger partial charge in [-0.1, -0.05) is 12.1 Å². The van der Waals surface area contributed by atoms with Crippen LogP contribution in [0, 0.1) is 6.92 Å². The fourth-order valence-corrected chi connectivity index (χ4v) is 2.54. The first-order chi connectivity index (χ1) is 8.33. The molecule has 3 heteroatoms. The quantitative estimate of drug-likeness (QED) is 0.824. The van der Waals surface area contributed by atoms with Gasteiger partial charge in [-0.05, 0) is 24.1 Å². The number of hydrogen-bond acceptors (Lipinski definition) is 2. The van der Waals surface area contributed by atoms with Crippen molar-refractivity contribution >= 4 is 10.9 Å². The summed E-state index contributed by atoms with van der Waals surface area (Å²) in [5.41, 5.74) is 3.99. The van der Waals surface area contributed by atoms with Gasteiger partial charge in [0.05, 0.1) is 0 Å². The van der Waals surface area contributed by atoms with Crippen LogP contribution in [0.1, 0.15) is 11.1 Å². The van der Waals surface area contributed by atoms with E-state index in [0.717, 1.165) is 32.7 Å². The van der Waals surface area contributed by atoms with E-state index in [2.05, 4.69) is 46.5 Å². The van der Waals surface area contributed by atoms with Gasteiger partial charge in [-0.2, -0.15) is 0 Å². The van der Waals surface area contributed by atoms with Crippen molar-refractivity contribution < 1.29 is 0 Å². The van der Waals surface area contributed by atoms with E-state index in [1.165, 1.54) is 22.0 Å². The van der Waals surface area contributed by atoms with Crippen molar-refractivity contribution in [3.8, 4) is 0 Å². The van der Waals surface area contributed by atoms with E-state index in [-0.39, 0.29) is 0 Å². The van der Waals surface area contributed by atoms with Crippen molar-refractivity contribution in [3.63, 3.8) is 0 Å². The number of nitrogens with zero attached hydrogens (tertiary/aromatic N) is 1. The third-order valence-corrected chi connectivity index (χ3v) is 3.53. The van der Waals surface area contributed by atoms with Gasteiger partial charge in [0.15, 0.2) is 0 Å². The normalized spacial score (nSPS) is 17.7. The molecule has 0 aliphatic carbocycles. The number of fused-ring (bicyclic) bond motifs is 1. The molecule has 1 aliphatic heterocycles. The second-order valence-corrected chi connectivity index (χ2v) is 4.89. The number of aryl methyl sites for hydroxylation is 1. The van der Waals surface area contributed by atoms with E-state index in [0.29, 0.717) is 0 Å². The second kappa shape index (κ2) is 4.51. The highest BCUT2D eigenvalue weighted by Gasteiger charge is 2.12. The van der Waals surface area contributed by atoms with Crippen LogP contribution in [0.2, 0.25) is 0 Å². The zero-order valence-corrected chi connectivity index (χ0v) is 10.3. The number of nitrogens with one attached hydrogen (secondary N) is 2. The minimum Gasteiger partial charge on any atom is -0.361 e. The Bertz CT molecular complexity index is 509. The Labute approximate surface area is 102 Å². The van der Waals surface area contributed by atoms with Crippen LogP contribution in [-0.2, 0) is 6.54 Å². The largest absolute Gasteiger partial charge is 0.361 e. The molecule has 0 saturated carbocycles. The molecular weight excluding hydrogens is 210 g/mol. The molecule has 2 aromatic rings. The minimum atomic E-state index is 1.06. The monoisotopic (exact) mass is 229 g/mol. The molecule has 0 bridgehead atoms. The van der Waals surface area contributed by atoms with Crippen LogP contribution in [0.4, 0.5) is 0 Å². The van der Waals surface area contributed by atoms with E-state index in [1.54, 1.807) is 0 Å². The predicted octanol–water partition coefficient (Wildman–Crippen LogP) is 1.88. The van der Waals surface area contributed by atoms with Crippen molar-refractivity contribution in [2.24, 2.45) is 0 Å². The van der Waals surface area contributed by atoms with Crippen LogP contribution in [-0.4, -0.2) is 36.1 Å². The summed E-state index contributed by atoms with van der Waals surface area (Å²) in [6.45, 7) is 7.72. The highest BCUT2D eigenvalue weighted by Crippen LogP contribution is 2.20. The molecule has 90 valence electrons. The van der Waals surface area contributed by atoms with Gasteiger partial charge in [-0.25, -0.2) is 0 Å². The Balaban J connectivity index is 1.84. The molecule has 1 aliphatic rings. The highest BCUT2D eigenvalue weighted by atomic mass is 15.2. The number of piperazine rings is 1. The molecule has 1 aromatic carbocycles. The summed E-state index contributed by atoms with van der Waals surface area (Å²) < 4.78 is 0. The zero-order valence-electron chi connectivity index (χ0n) is 10.3. The number of aromatic amines is 1. The Morgan fingerprint density at radius 2 is 2.06 bits per heavy atom. The lowest BCUT2D eigenvalue weighted by Crippen LogP contribution is -2.42. The predicted molar refractivity (Wildman–Crippen MR) is 71.2 cm³/mol. The maximum Gasteiger partial charge on any atom is 0.0459 e. The molecule has 0 amide bonds. The van der Waals surface area contributed by atoms with Gasteiger partial charge in [0, 0.05) is 49.8 Å². The Morgan fingerprint density at radius 1 is 1.24 bits per heavy atom. The molecule has 0 radical (unpaired) electrons. The number of hydrogen-bond donors (Lipinski definition) is 2. The summed E-state index contributed by atoms with van der Waals surface area (Å²) in [6.07, 6.45) is 2.16. The maximum atomic E-state index is 3.39. The number of aromatic nitrogens is 1. The Morgan fingerprint density at radius 3 is 2.88 bits per heavy atom. The van der Waals surface area contributed by atoms with Crippen LogP contribution in [0.15, 0.2) is 24.4 Å². The molecule has 0 atom stereocenters. The van der Waals surface area contributed by atoms with Crippen LogP contribution in [0.25, 0.3) is 10.9 Å². The summed E-state index contributed by atoms with van der Waals surface area (Å²) in [5, 5.41) is 4.76. The van der Waals surface area contributed by atoms with Crippen LogP contribution < -0.4 is 5.32 Å². The smallest absolute Gasteiger partial charge is 0.0459 e.